The summed E-state index contributed by atoms with van der Waals surface area (Å²) in [4.78, 5) is 9.50. The van der Waals surface area contributed by atoms with Crippen molar-refractivity contribution in [2.24, 2.45) is 5.10 Å². The summed E-state index contributed by atoms with van der Waals surface area (Å²) in [6.45, 7) is 1.50. The number of hydrazone groups is 1. The van der Waals surface area contributed by atoms with E-state index >= 15 is 0 Å². The van der Waals surface area contributed by atoms with Gasteiger partial charge in [0, 0.05) is 0 Å². The Morgan fingerprint density at radius 2 is 2.50 bits per heavy atom. The van der Waals surface area contributed by atoms with E-state index in [2.05, 4.69) is 5.10 Å². The fourth-order valence-corrected chi connectivity index (χ4v) is 0.148. The summed E-state index contributed by atoms with van der Waals surface area (Å²) in [7, 11) is 0. The summed E-state index contributed by atoms with van der Waals surface area (Å²) in [5.74, 6) is 0.233. The summed E-state index contributed by atoms with van der Waals surface area (Å²) < 4.78 is 0. The van der Waals surface area contributed by atoms with Crippen LogP contribution in [-0.4, -0.2) is 17.5 Å². The molecule has 0 bridgehead atoms. The molecule has 0 atom stereocenters. The van der Waals surface area contributed by atoms with Crippen molar-refractivity contribution in [2.45, 2.75) is 6.92 Å². The van der Waals surface area contributed by atoms with E-state index in [1.54, 1.807) is 5.48 Å². The van der Waals surface area contributed by atoms with E-state index in [0.29, 0.717) is 6.41 Å². The third-order valence-electron chi connectivity index (χ3n) is 0.447. The first kappa shape index (κ1) is 6.90. The summed E-state index contributed by atoms with van der Waals surface area (Å²) in [6.07, 6.45) is 0.404. The molecule has 5 nitrogen and oxygen atoms in total. The zero-order valence-electron chi connectivity index (χ0n) is 4.38. The molecule has 0 saturated heterocycles. The van der Waals surface area contributed by atoms with Crippen LogP contribution in [0.25, 0.3) is 0 Å². The first-order valence-electron chi connectivity index (χ1n) is 1.95. The summed E-state index contributed by atoms with van der Waals surface area (Å²) in [5.41, 5.74) is 3.71. The van der Waals surface area contributed by atoms with E-state index in [9.17, 15) is 4.79 Å². The molecule has 0 saturated carbocycles. The van der Waals surface area contributed by atoms with Gasteiger partial charge >= 0.3 is 0 Å². The van der Waals surface area contributed by atoms with Gasteiger partial charge in [0.15, 0.2) is 0 Å². The molecule has 0 radical (unpaired) electrons. The van der Waals surface area contributed by atoms with Gasteiger partial charge < -0.3 is 0 Å². The first-order chi connectivity index (χ1) is 3.81. The van der Waals surface area contributed by atoms with Gasteiger partial charge in [0.2, 0.25) is 6.41 Å². The molecule has 5 heteroatoms. The van der Waals surface area contributed by atoms with Gasteiger partial charge in [0.1, 0.15) is 5.84 Å². The number of carbonyl (C=O) groups excluding carboxylic acids is 1. The van der Waals surface area contributed by atoms with Crippen molar-refractivity contribution in [3.8, 4) is 0 Å². The second-order valence-corrected chi connectivity index (χ2v) is 1.06. The predicted octanol–water partition coefficient (Wildman–Crippen LogP) is -0.955. The lowest BCUT2D eigenvalue weighted by molar-refractivity contribution is -0.109. The minimum Gasteiger partial charge on any atom is -0.290 e. The number of hydroxylamine groups is 1. The topological polar surface area (TPSA) is 73.7 Å². The van der Waals surface area contributed by atoms with Crippen molar-refractivity contribution in [3.05, 3.63) is 0 Å². The molecule has 0 aromatic carbocycles. The highest BCUT2D eigenvalue weighted by atomic mass is 16.5. The molecule has 8 heavy (non-hydrogen) atoms. The molecular weight excluding hydrogens is 110 g/mol. The Balaban J connectivity index is 3.40. The van der Waals surface area contributed by atoms with Gasteiger partial charge in [-0.2, -0.15) is 5.10 Å². The van der Waals surface area contributed by atoms with Crippen LogP contribution in [0.15, 0.2) is 5.10 Å². The van der Waals surface area contributed by atoms with Crippen LogP contribution in [0.4, 0.5) is 0 Å². The number of nitrogens with one attached hydrogen (secondary N) is 2. The molecule has 0 aromatic heterocycles. The maximum Gasteiger partial charge on any atom is 0.227 e. The van der Waals surface area contributed by atoms with E-state index in [-0.39, 0.29) is 5.84 Å². The largest absolute Gasteiger partial charge is 0.290 e. The number of carbonyl (C=O) groups is 1. The average molecular weight is 117 g/mol. The molecule has 3 N–H and O–H groups in total. The lowest BCUT2D eigenvalue weighted by atomic mass is 10.7. The van der Waals surface area contributed by atoms with Crippen molar-refractivity contribution in [3.63, 3.8) is 0 Å². The highest BCUT2D eigenvalue weighted by Gasteiger charge is 1.79. The third kappa shape index (κ3) is 3.10. The molecule has 0 rings (SSSR count). The van der Waals surface area contributed by atoms with Gasteiger partial charge in [0.25, 0.3) is 0 Å². The zero-order valence-corrected chi connectivity index (χ0v) is 4.38. The van der Waals surface area contributed by atoms with Gasteiger partial charge in [-0.1, -0.05) is 0 Å². The summed E-state index contributed by atoms with van der Waals surface area (Å²) >= 11 is 0. The Kier molecular flexibility index (Phi) is 3.51. The number of rotatable bonds is 2. The number of amides is 1. The Morgan fingerprint density at radius 3 is 2.88 bits per heavy atom. The molecule has 0 aliphatic carbocycles. The molecule has 0 aromatic rings. The van der Waals surface area contributed by atoms with Crippen LogP contribution in [0.2, 0.25) is 0 Å². The SMILES string of the molecule is C/C(=N/NC=O)NO. The molecule has 0 spiro atoms. The minimum absolute atomic E-state index is 0.233. The molecule has 1 amide bonds. The van der Waals surface area contributed by atoms with Crippen molar-refractivity contribution < 1.29 is 10.0 Å². The van der Waals surface area contributed by atoms with Crippen molar-refractivity contribution in [2.75, 3.05) is 0 Å². The Bertz CT molecular complexity index is 101. The second kappa shape index (κ2) is 4.07. The van der Waals surface area contributed by atoms with Gasteiger partial charge in [-0.3, -0.25) is 15.5 Å². The van der Waals surface area contributed by atoms with E-state index < -0.39 is 0 Å². The third-order valence-corrected chi connectivity index (χ3v) is 0.447. The Labute approximate surface area is 46.3 Å². The maximum atomic E-state index is 9.50. The second-order valence-electron chi connectivity index (χ2n) is 1.06. The number of hydrogen-bond donors (Lipinski definition) is 3. The predicted molar refractivity (Wildman–Crippen MR) is 27.2 cm³/mol. The fraction of sp³-hybridized carbons (Fsp3) is 0.333. The van der Waals surface area contributed by atoms with Crippen molar-refractivity contribution in [1.82, 2.24) is 10.9 Å². The molecule has 0 heterocycles. The zero-order chi connectivity index (χ0) is 6.41. The van der Waals surface area contributed by atoms with Crippen LogP contribution in [0, 0.1) is 0 Å². The van der Waals surface area contributed by atoms with E-state index in [1.165, 1.54) is 6.92 Å². The van der Waals surface area contributed by atoms with Gasteiger partial charge in [-0.15, -0.1) is 0 Å². The minimum atomic E-state index is 0.233. The molecule has 0 aliphatic rings. The van der Waals surface area contributed by atoms with E-state index in [4.69, 9.17) is 5.21 Å². The lowest BCUT2D eigenvalue weighted by Crippen LogP contribution is -2.18. The van der Waals surface area contributed by atoms with Gasteiger partial charge in [-0.05, 0) is 6.92 Å². The van der Waals surface area contributed by atoms with Gasteiger partial charge in [0.05, 0.1) is 0 Å². The number of amidine groups is 1. The van der Waals surface area contributed by atoms with E-state index in [1.807, 2.05) is 5.43 Å². The fourth-order valence-electron chi connectivity index (χ4n) is 0.148. The molecule has 0 unspecified atom stereocenters. The molecule has 0 fully saturated rings. The van der Waals surface area contributed by atoms with Crippen LogP contribution in [0.1, 0.15) is 6.92 Å². The van der Waals surface area contributed by atoms with Crippen molar-refractivity contribution >= 4 is 12.2 Å². The Hall–Kier alpha value is -1.10. The maximum absolute atomic E-state index is 9.50. The smallest absolute Gasteiger partial charge is 0.227 e. The monoisotopic (exact) mass is 117 g/mol. The normalized spacial score (nSPS) is 10.5. The number of hydrogen-bond acceptors (Lipinski definition) is 3. The van der Waals surface area contributed by atoms with Crippen LogP contribution < -0.4 is 10.9 Å². The lowest BCUT2D eigenvalue weighted by Gasteiger charge is -1.91. The average Bonchev–Trinajstić information content (AvgIpc) is 1.83. The highest BCUT2D eigenvalue weighted by molar-refractivity contribution is 5.78. The van der Waals surface area contributed by atoms with Crippen LogP contribution >= 0.6 is 0 Å². The van der Waals surface area contributed by atoms with Crippen molar-refractivity contribution in [1.29, 1.82) is 0 Å². The van der Waals surface area contributed by atoms with Crippen LogP contribution in [-0.2, 0) is 4.79 Å². The quantitative estimate of drug-likeness (QED) is 0.189. The molecule has 46 valence electrons. The summed E-state index contributed by atoms with van der Waals surface area (Å²) in [5, 5.41) is 11.3. The Morgan fingerprint density at radius 1 is 1.88 bits per heavy atom. The molecular formula is C3H7N3O2. The van der Waals surface area contributed by atoms with Gasteiger partial charge in [-0.25, -0.2) is 5.43 Å². The van der Waals surface area contributed by atoms with E-state index in [0.717, 1.165) is 0 Å². The standard InChI is InChI=1S/C3H7N3O2/c1-3(6-8)5-4-2-7/h2,8H,1H3,(H,4,7)(H,5,6). The number of nitrogens with zero attached hydrogens (tertiary/aromatic N) is 1. The molecule has 0 aliphatic heterocycles. The van der Waals surface area contributed by atoms with Crippen LogP contribution in [0.3, 0.4) is 0 Å². The first-order valence-corrected chi connectivity index (χ1v) is 1.95. The van der Waals surface area contributed by atoms with Crippen LogP contribution in [0.5, 0.6) is 0 Å². The summed E-state index contributed by atoms with van der Waals surface area (Å²) in [6, 6.07) is 0. The highest BCUT2D eigenvalue weighted by Crippen LogP contribution is 1.60.